The van der Waals surface area contributed by atoms with Gasteiger partial charge in [-0.2, -0.15) is 15.0 Å². The summed E-state index contributed by atoms with van der Waals surface area (Å²) < 4.78 is 5.64. The Morgan fingerprint density at radius 3 is 2.88 bits per heavy atom. The Balaban J connectivity index is 1.77. The van der Waals surface area contributed by atoms with Crippen LogP contribution >= 0.6 is 0 Å². The smallest absolute Gasteiger partial charge is 0.232 e. The van der Waals surface area contributed by atoms with Gasteiger partial charge in [0.15, 0.2) is 5.82 Å². The number of rotatable bonds is 6. The van der Waals surface area contributed by atoms with E-state index in [1.165, 1.54) is 24.2 Å². The number of hydrogen-bond acceptors (Lipinski definition) is 6. The van der Waals surface area contributed by atoms with Gasteiger partial charge in [0.25, 0.3) is 0 Å². The highest BCUT2D eigenvalue weighted by Gasteiger charge is 2.23. The van der Waals surface area contributed by atoms with Crippen LogP contribution in [0.5, 0.6) is 5.75 Å². The van der Waals surface area contributed by atoms with Gasteiger partial charge in [0.1, 0.15) is 12.3 Å². The minimum Gasteiger partial charge on any atom is -0.492 e. The van der Waals surface area contributed by atoms with E-state index < -0.39 is 0 Å². The van der Waals surface area contributed by atoms with Gasteiger partial charge in [-0.3, -0.25) is 0 Å². The number of ether oxygens (including phenoxy) is 1. The van der Waals surface area contributed by atoms with Gasteiger partial charge in [0.2, 0.25) is 11.9 Å². The van der Waals surface area contributed by atoms with Crippen LogP contribution in [0.15, 0.2) is 24.3 Å². The van der Waals surface area contributed by atoms with Gasteiger partial charge < -0.3 is 20.7 Å². The number of aromatic nitrogens is 3. The predicted octanol–water partition coefficient (Wildman–Crippen LogP) is 1.55. The van der Waals surface area contributed by atoms with E-state index in [-0.39, 0.29) is 5.95 Å². The summed E-state index contributed by atoms with van der Waals surface area (Å²) in [4.78, 5) is 14.6. The molecule has 2 heterocycles. The minimum absolute atomic E-state index is 0.241. The molecule has 1 unspecified atom stereocenters. The number of anilines is 3. The first kappa shape index (κ1) is 17.4. The fraction of sp³-hybridized carbons (Fsp3) is 0.500. The molecule has 134 valence electrons. The van der Waals surface area contributed by atoms with Crippen LogP contribution in [0.2, 0.25) is 0 Å². The molecule has 2 aromatic rings. The molecule has 0 spiro atoms. The summed E-state index contributed by atoms with van der Waals surface area (Å²) in [5.41, 5.74) is 6.73. The lowest BCUT2D eigenvalue weighted by Gasteiger charge is -2.29. The summed E-state index contributed by atoms with van der Waals surface area (Å²) >= 11 is 0. The zero-order valence-electron chi connectivity index (χ0n) is 15.0. The summed E-state index contributed by atoms with van der Waals surface area (Å²) in [5, 5.41) is 3.21. The quantitative estimate of drug-likeness (QED) is 0.737. The topological polar surface area (TPSA) is 90.4 Å². The molecule has 1 aliphatic heterocycles. The molecule has 1 saturated heterocycles. The molecule has 0 radical (unpaired) electrons. The lowest BCUT2D eigenvalue weighted by Crippen LogP contribution is -3.15. The molecule has 25 heavy (non-hydrogen) atoms. The molecular formula is C18H27N6O+. The van der Waals surface area contributed by atoms with E-state index in [2.05, 4.69) is 27.2 Å². The maximum absolute atomic E-state index is 5.91. The Hall–Kier alpha value is -2.41. The van der Waals surface area contributed by atoms with E-state index in [1.54, 1.807) is 0 Å². The normalized spacial score (nSPS) is 20.2. The van der Waals surface area contributed by atoms with Gasteiger partial charge in [-0.15, -0.1) is 0 Å². The fourth-order valence-electron chi connectivity index (χ4n) is 3.26. The van der Waals surface area contributed by atoms with E-state index in [0.29, 0.717) is 18.6 Å². The van der Waals surface area contributed by atoms with Gasteiger partial charge in [0.05, 0.1) is 24.9 Å². The van der Waals surface area contributed by atoms with Crippen molar-refractivity contribution in [3.63, 3.8) is 0 Å². The number of nitrogen functional groups attached to an aromatic ring is 1. The van der Waals surface area contributed by atoms with Crippen molar-refractivity contribution in [2.45, 2.75) is 45.7 Å². The van der Waals surface area contributed by atoms with Crippen LogP contribution in [-0.4, -0.2) is 34.1 Å². The monoisotopic (exact) mass is 343 g/mol. The van der Waals surface area contributed by atoms with Crippen LogP contribution in [0.4, 0.5) is 17.6 Å². The number of para-hydroxylation sites is 2. The Bertz CT molecular complexity index is 708. The Morgan fingerprint density at radius 2 is 2.08 bits per heavy atom. The van der Waals surface area contributed by atoms with Crippen molar-refractivity contribution in [3.8, 4) is 5.75 Å². The van der Waals surface area contributed by atoms with Crippen LogP contribution in [0.3, 0.4) is 0 Å². The molecule has 1 fully saturated rings. The van der Waals surface area contributed by atoms with Crippen molar-refractivity contribution in [1.29, 1.82) is 0 Å². The van der Waals surface area contributed by atoms with Gasteiger partial charge in [0, 0.05) is 0 Å². The lowest BCUT2D eigenvalue weighted by atomic mass is 10.0. The van der Waals surface area contributed by atoms with Gasteiger partial charge >= 0.3 is 0 Å². The maximum Gasteiger partial charge on any atom is 0.232 e. The molecule has 0 aliphatic carbocycles. The molecule has 2 atom stereocenters. The Kier molecular flexibility index (Phi) is 5.65. The summed E-state index contributed by atoms with van der Waals surface area (Å²) in [6, 6.07) is 8.35. The number of hydrogen-bond donors (Lipinski definition) is 3. The summed E-state index contributed by atoms with van der Waals surface area (Å²) in [5.74, 6) is 2.19. The number of nitrogens with zero attached hydrogens (tertiary/aromatic N) is 3. The molecule has 4 N–H and O–H groups in total. The first-order valence-electron chi connectivity index (χ1n) is 8.99. The molecule has 0 saturated carbocycles. The zero-order chi connectivity index (χ0) is 17.6. The van der Waals surface area contributed by atoms with E-state index in [4.69, 9.17) is 10.5 Å². The average molecular weight is 343 g/mol. The number of benzene rings is 1. The van der Waals surface area contributed by atoms with Crippen LogP contribution in [0.25, 0.3) is 0 Å². The summed E-state index contributed by atoms with van der Waals surface area (Å²) in [6.45, 7) is 6.77. The first-order valence-corrected chi connectivity index (χ1v) is 8.99. The molecule has 3 rings (SSSR count). The van der Waals surface area contributed by atoms with Crippen LogP contribution in [0, 0.1) is 0 Å². The highest BCUT2D eigenvalue weighted by Crippen LogP contribution is 2.26. The molecular weight excluding hydrogens is 316 g/mol. The van der Waals surface area contributed by atoms with Crippen LogP contribution < -0.4 is 20.7 Å². The van der Waals surface area contributed by atoms with Crippen molar-refractivity contribution in [3.05, 3.63) is 30.1 Å². The third-order valence-corrected chi connectivity index (χ3v) is 4.60. The predicted molar refractivity (Wildman–Crippen MR) is 98.0 cm³/mol. The first-order chi connectivity index (χ1) is 12.2. The number of likely N-dealkylation sites (tertiary alicyclic amines) is 1. The second kappa shape index (κ2) is 8.11. The largest absolute Gasteiger partial charge is 0.492 e. The van der Waals surface area contributed by atoms with E-state index in [0.717, 1.165) is 30.4 Å². The maximum atomic E-state index is 5.91. The van der Waals surface area contributed by atoms with Crippen molar-refractivity contribution in [2.24, 2.45) is 0 Å². The molecule has 1 aliphatic rings. The number of piperidine rings is 1. The van der Waals surface area contributed by atoms with E-state index in [1.807, 2.05) is 31.2 Å². The Morgan fingerprint density at radius 1 is 1.24 bits per heavy atom. The fourth-order valence-corrected chi connectivity index (χ4v) is 3.26. The van der Waals surface area contributed by atoms with Crippen LogP contribution in [0.1, 0.15) is 38.9 Å². The van der Waals surface area contributed by atoms with Crippen molar-refractivity contribution in [1.82, 2.24) is 15.0 Å². The molecule has 1 aromatic heterocycles. The second-order valence-electron chi connectivity index (χ2n) is 6.47. The standard InChI is InChI=1S/C18H26N6O/c1-3-25-15-10-5-4-9-14(15)20-18-22-16(21-17(19)23-18)12-24-11-7-6-8-13(24)2/h4-5,9-10,13H,3,6-8,11-12H2,1-2H3,(H3,19,20,21,22,23)/p+1/t13-/m0/s1. The molecule has 7 heteroatoms. The Labute approximate surface area is 148 Å². The van der Waals surface area contributed by atoms with Crippen LogP contribution in [-0.2, 0) is 6.54 Å². The molecule has 7 nitrogen and oxygen atoms in total. The average Bonchev–Trinajstić information content (AvgIpc) is 2.58. The van der Waals surface area contributed by atoms with E-state index >= 15 is 0 Å². The van der Waals surface area contributed by atoms with Gasteiger partial charge in [-0.1, -0.05) is 12.1 Å². The van der Waals surface area contributed by atoms with Gasteiger partial charge in [-0.25, -0.2) is 0 Å². The third kappa shape index (κ3) is 4.57. The number of nitrogens with one attached hydrogen (secondary N) is 2. The third-order valence-electron chi connectivity index (χ3n) is 4.60. The molecule has 0 bridgehead atoms. The highest BCUT2D eigenvalue weighted by atomic mass is 16.5. The van der Waals surface area contributed by atoms with Crippen molar-refractivity contribution < 1.29 is 9.64 Å². The summed E-state index contributed by atoms with van der Waals surface area (Å²) in [7, 11) is 0. The van der Waals surface area contributed by atoms with Crippen molar-refractivity contribution in [2.75, 3.05) is 24.2 Å². The molecule has 1 aromatic carbocycles. The SMILES string of the molecule is CCOc1ccccc1Nc1nc(N)nc(C[NH+]2CCCC[C@@H]2C)n1. The number of quaternary nitrogens is 1. The lowest BCUT2D eigenvalue weighted by molar-refractivity contribution is -0.942. The zero-order valence-corrected chi connectivity index (χ0v) is 15.0. The van der Waals surface area contributed by atoms with Crippen molar-refractivity contribution >= 4 is 17.6 Å². The summed E-state index contributed by atoms with van der Waals surface area (Å²) in [6.07, 6.45) is 3.82. The molecule has 0 amide bonds. The number of nitrogens with two attached hydrogens (primary N) is 1. The van der Waals surface area contributed by atoms with E-state index in [9.17, 15) is 0 Å². The second-order valence-corrected chi connectivity index (χ2v) is 6.47. The van der Waals surface area contributed by atoms with Gasteiger partial charge in [-0.05, 0) is 45.2 Å². The minimum atomic E-state index is 0.241. The highest BCUT2D eigenvalue weighted by molar-refractivity contribution is 5.62.